The average molecular weight is 436 g/mol. The van der Waals surface area contributed by atoms with Gasteiger partial charge in [-0.25, -0.2) is 15.5 Å². The number of nitrogens with one attached hydrogen (secondary N) is 3. The van der Waals surface area contributed by atoms with Crippen LogP contribution in [-0.2, 0) is 0 Å². The van der Waals surface area contributed by atoms with Gasteiger partial charge in [-0.2, -0.15) is 5.10 Å². The van der Waals surface area contributed by atoms with E-state index in [4.69, 9.17) is 5.41 Å². The van der Waals surface area contributed by atoms with Crippen LogP contribution in [0.5, 0.6) is 0 Å². The van der Waals surface area contributed by atoms with E-state index >= 15 is 0 Å². The van der Waals surface area contributed by atoms with E-state index in [-0.39, 0.29) is 27.6 Å². The maximum absolute atomic E-state index is 12.5. The predicted molar refractivity (Wildman–Crippen MR) is 101 cm³/mol. The molecule has 2 aromatic heterocycles. The third-order valence-corrected chi connectivity index (χ3v) is 6.71. The van der Waals surface area contributed by atoms with E-state index in [1.54, 1.807) is 10.7 Å². The molecule has 25 heavy (non-hydrogen) atoms. The molecule has 3 atom stereocenters. The van der Waals surface area contributed by atoms with Crippen molar-refractivity contribution in [3.63, 3.8) is 0 Å². The molecule has 0 aliphatic carbocycles. The number of hydrogen-bond donors (Lipinski definition) is 3. The number of nitrogens with zero attached hydrogens (tertiary/aromatic N) is 2. The Hall–Kier alpha value is -1.65. The molecule has 1 aromatic carbocycles. The molecule has 1 aliphatic heterocycles. The van der Waals surface area contributed by atoms with Gasteiger partial charge in [0, 0.05) is 0 Å². The van der Waals surface area contributed by atoms with E-state index in [0.717, 1.165) is 16.9 Å². The summed E-state index contributed by atoms with van der Waals surface area (Å²) in [6, 6.07) is 13.7. The first-order valence-corrected chi connectivity index (χ1v) is 10.2. The fourth-order valence-corrected chi connectivity index (χ4v) is 5.02. The first-order valence-electron chi connectivity index (χ1n) is 7.57. The molecule has 3 N–H and O–H groups in total. The summed E-state index contributed by atoms with van der Waals surface area (Å²) < 4.78 is 1.56. The second kappa shape index (κ2) is 6.93. The number of alkyl halides is 1. The maximum atomic E-state index is 12.5. The number of aromatic nitrogens is 2. The zero-order valence-corrected chi connectivity index (χ0v) is 16.1. The molecule has 1 fully saturated rings. The van der Waals surface area contributed by atoms with Crippen molar-refractivity contribution in [2.45, 2.75) is 17.0 Å². The molecule has 9 heteroatoms. The molecule has 3 aromatic rings. The van der Waals surface area contributed by atoms with E-state index in [0.29, 0.717) is 9.88 Å². The molecule has 4 rings (SSSR count). The van der Waals surface area contributed by atoms with E-state index in [1.165, 1.54) is 11.3 Å². The smallest absolute Gasteiger partial charge is 0.233 e. The lowest BCUT2D eigenvalue weighted by Gasteiger charge is -2.17. The van der Waals surface area contributed by atoms with Gasteiger partial charge in [0.25, 0.3) is 0 Å². The first-order chi connectivity index (χ1) is 12.1. The molecular formula is C16H14BrN5OS2. The van der Waals surface area contributed by atoms with Gasteiger partial charge in [-0.3, -0.25) is 10.2 Å². The van der Waals surface area contributed by atoms with Crippen LogP contribution in [0, 0.1) is 5.41 Å². The van der Waals surface area contributed by atoms with Crippen LogP contribution in [0.2, 0.25) is 0 Å². The summed E-state index contributed by atoms with van der Waals surface area (Å²) in [5, 5.41) is 14.8. The Balaban J connectivity index is 1.61. The van der Waals surface area contributed by atoms with Crippen LogP contribution in [0.4, 0.5) is 0 Å². The number of halogens is 1. The van der Waals surface area contributed by atoms with Gasteiger partial charge in [0.15, 0.2) is 5.01 Å². The molecule has 3 unspecified atom stereocenters. The minimum Gasteiger partial charge on any atom is -0.285 e. The second-order valence-electron chi connectivity index (χ2n) is 5.53. The van der Waals surface area contributed by atoms with Crippen LogP contribution in [0.3, 0.4) is 0 Å². The molecule has 3 heterocycles. The summed E-state index contributed by atoms with van der Waals surface area (Å²) in [5.41, 5.74) is 7.56. The van der Waals surface area contributed by atoms with Crippen molar-refractivity contribution in [1.82, 2.24) is 20.6 Å². The Morgan fingerprint density at radius 2 is 2.00 bits per heavy atom. The number of carbonyl (C=O) groups is 1. The predicted octanol–water partition coefficient (Wildman–Crippen LogP) is 2.83. The highest BCUT2D eigenvalue weighted by atomic mass is 79.9. The van der Waals surface area contributed by atoms with Gasteiger partial charge in [0.2, 0.25) is 10.6 Å². The highest BCUT2D eigenvalue weighted by molar-refractivity contribution is 9.09. The molecule has 0 spiro atoms. The van der Waals surface area contributed by atoms with E-state index < -0.39 is 0 Å². The third kappa shape index (κ3) is 3.13. The normalized spacial score (nSPS) is 23.0. The van der Waals surface area contributed by atoms with E-state index in [1.807, 2.05) is 29.6 Å². The van der Waals surface area contributed by atoms with Crippen molar-refractivity contribution in [3.05, 3.63) is 68.1 Å². The first kappa shape index (κ1) is 16.8. The molecule has 128 valence electrons. The number of hydrazine groups is 1. The fraction of sp³-hybridized carbons (Fsp3) is 0.188. The van der Waals surface area contributed by atoms with Crippen molar-refractivity contribution in [2.75, 3.05) is 0 Å². The summed E-state index contributed by atoms with van der Waals surface area (Å²) >= 11 is 6.19. The summed E-state index contributed by atoms with van der Waals surface area (Å²) in [4.78, 5) is 13.3. The van der Waals surface area contributed by atoms with E-state index in [9.17, 15) is 4.79 Å². The fourth-order valence-electron chi connectivity index (χ4n) is 2.74. The highest BCUT2D eigenvalue weighted by Gasteiger charge is 2.37. The quantitative estimate of drug-likeness (QED) is 0.434. The van der Waals surface area contributed by atoms with Gasteiger partial charge >= 0.3 is 0 Å². The maximum Gasteiger partial charge on any atom is 0.233 e. The van der Waals surface area contributed by atoms with Crippen molar-refractivity contribution < 1.29 is 4.79 Å². The topological polar surface area (TPSA) is 82.8 Å². The van der Waals surface area contributed by atoms with Crippen LogP contribution >= 0.6 is 38.6 Å². The Morgan fingerprint density at radius 3 is 2.72 bits per heavy atom. The molecule has 0 radical (unpaired) electrons. The van der Waals surface area contributed by atoms with Crippen LogP contribution in [0.15, 0.2) is 47.8 Å². The minimum absolute atomic E-state index is 0.0178. The van der Waals surface area contributed by atoms with Crippen molar-refractivity contribution in [3.8, 4) is 0 Å². The van der Waals surface area contributed by atoms with Crippen molar-refractivity contribution in [1.29, 1.82) is 5.41 Å². The van der Waals surface area contributed by atoms with Crippen LogP contribution in [-0.4, -0.2) is 20.4 Å². The van der Waals surface area contributed by atoms with Crippen LogP contribution in [0.25, 0.3) is 0 Å². The van der Waals surface area contributed by atoms with Crippen molar-refractivity contribution in [2.24, 2.45) is 0 Å². The highest BCUT2D eigenvalue weighted by Crippen LogP contribution is 2.33. The number of thiophene rings is 1. The lowest BCUT2D eigenvalue weighted by atomic mass is 10.0. The Kier molecular flexibility index (Phi) is 4.65. The summed E-state index contributed by atoms with van der Waals surface area (Å²) in [7, 11) is 0. The van der Waals surface area contributed by atoms with Crippen molar-refractivity contribution >= 4 is 44.4 Å². The number of benzene rings is 1. The van der Waals surface area contributed by atoms with Gasteiger partial charge < -0.3 is 0 Å². The van der Waals surface area contributed by atoms with Crippen LogP contribution in [0.1, 0.15) is 32.5 Å². The monoisotopic (exact) mass is 435 g/mol. The molecule has 1 aliphatic rings. The van der Waals surface area contributed by atoms with Gasteiger partial charge in [0.05, 0.1) is 15.7 Å². The van der Waals surface area contributed by atoms with E-state index in [2.05, 4.69) is 44.0 Å². The zero-order valence-electron chi connectivity index (χ0n) is 12.8. The third-order valence-electron chi connectivity index (χ3n) is 3.97. The SMILES string of the molecule is N=c1sc(C(=O)c2cccs2)nn1C1NNC(c2ccccc2)C1Br. The lowest BCUT2D eigenvalue weighted by molar-refractivity contribution is 0.104. The number of carbonyl (C=O) groups excluding carboxylic acids is 1. The molecule has 6 nitrogen and oxygen atoms in total. The Morgan fingerprint density at radius 1 is 1.20 bits per heavy atom. The zero-order chi connectivity index (χ0) is 17.4. The van der Waals surface area contributed by atoms with Gasteiger partial charge in [0.1, 0.15) is 6.17 Å². The van der Waals surface area contributed by atoms with Gasteiger partial charge in [-0.05, 0) is 17.0 Å². The number of rotatable bonds is 4. The average Bonchev–Trinajstić information content (AvgIpc) is 3.35. The number of ketones is 1. The summed E-state index contributed by atoms with van der Waals surface area (Å²) in [6.45, 7) is 0. The van der Waals surface area contributed by atoms with Gasteiger partial charge in [-0.1, -0.05) is 63.7 Å². The number of hydrogen-bond acceptors (Lipinski definition) is 7. The largest absolute Gasteiger partial charge is 0.285 e. The second-order valence-corrected chi connectivity index (χ2v) is 8.51. The molecule has 0 bridgehead atoms. The summed E-state index contributed by atoms with van der Waals surface area (Å²) in [6.07, 6.45) is -0.265. The minimum atomic E-state index is -0.265. The van der Waals surface area contributed by atoms with Gasteiger partial charge in [-0.15, -0.1) is 11.3 Å². The summed E-state index contributed by atoms with van der Waals surface area (Å²) in [5.74, 6) is -0.135. The standard InChI is InChI=1S/C16H14BrN5OS2/c17-11-12(9-5-2-1-3-6-9)19-20-14(11)22-16(18)25-15(21-22)13(23)10-7-4-8-24-10/h1-8,11-12,14,18-20H. The molecule has 1 saturated heterocycles. The lowest BCUT2D eigenvalue weighted by Crippen LogP contribution is -2.35. The van der Waals surface area contributed by atoms with Crippen LogP contribution < -0.4 is 15.7 Å². The molecular weight excluding hydrogens is 422 g/mol. The molecule has 0 amide bonds. The molecule has 0 saturated carbocycles. The Labute approximate surface area is 160 Å². The Bertz CT molecular complexity index is 937.